The maximum atomic E-state index is 13.4. The number of Topliss-reactive ketones (excluding diaryl/α,β-unsaturated/α-hetero) is 1. The van der Waals surface area contributed by atoms with Crippen LogP contribution in [0.15, 0.2) is 58.6 Å². The van der Waals surface area contributed by atoms with E-state index in [1.807, 2.05) is 52.2 Å². The average molecular weight is 501 g/mol. The van der Waals surface area contributed by atoms with Gasteiger partial charge < -0.3 is 19.6 Å². The Hall–Kier alpha value is -2.64. The van der Waals surface area contributed by atoms with Crippen LogP contribution in [0.2, 0.25) is 0 Å². The third-order valence-electron chi connectivity index (χ3n) is 5.28. The summed E-state index contributed by atoms with van der Waals surface area (Å²) >= 11 is 3.36. The van der Waals surface area contributed by atoms with Crippen LogP contribution in [0.1, 0.15) is 37.4 Å². The first-order chi connectivity index (χ1) is 15.2. The van der Waals surface area contributed by atoms with Crippen molar-refractivity contribution < 1.29 is 24.3 Å². The molecule has 2 aromatic carbocycles. The fourth-order valence-corrected chi connectivity index (χ4v) is 4.07. The molecular formula is C25H29BrN2O4. The van der Waals surface area contributed by atoms with Gasteiger partial charge in [-0.05, 0) is 49.2 Å². The molecule has 6 nitrogen and oxygen atoms in total. The Morgan fingerprint density at radius 2 is 1.72 bits per heavy atom. The SMILES string of the molecule is CC(C)Oc1ccc(C2C(=C([O-])c3ccc(Br)cc3)C(=O)C(=O)N2CCC[NH+](C)C)cc1. The van der Waals surface area contributed by atoms with E-state index in [4.69, 9.17) is 4.74 Å². The molecule has 1 unspecified atom stereocenters. The Labute approximate surface area is 197 Å². The molecule has 1 amide bonds. The summed E-state index contributed by atoms with van der Waals surface area (Å²) in [5.41, 5.74) is 1.11. The highest BCUT2D eigenvalue weighted by Crippen LogP contribution is 2.39. The predicted octanol–water partition coefficient (Wildman–Crippen LogP) is 1.99. The third kappa shape index (κ3) is 5.40. The minimum absolute atomic E-state index is 0.00653. The molecule has 0 aliphatic carbocycles. The van der Waals surface area contributed by atoms with Gasteiger partial charge in [0, 0.05) is 23.0 Å². The molecule has 1 saturated heterocycles. The molecule has 1 aliphatic heterocycles. The Kier molecular flexibility index (Phi) is 7.74. The van der Waals surface area contributed by atoms with Crippen molar-refractivity contribution in [1.82, 2.24) is 4.90 Å². The van der Waals surface area contributed by atoms with Crippen LogP contribution >= 0.6 is 15.9 Å². The number of nitrogens with one attached hydrogen (secondary N) is 1. The lowest BCUT2D eigenvalue weighted by atomic mass is 9.95. The summed E-state index contributed by atoms with van der Waals surface area (Å²) in [5.74, 6) is -1.05. The summed E-state index contributed by atoms with van der Waals surface area (Å²) < 4.78 is 6.55. The molecule has 170 valence electrons. The number of nitrogens with zero attached hydrogens (tertiary/aromatic N) is 1. The highest BCUT2D eigenvalue weighted by molar-refractivity contribution is 9.10. The lowest BCUT2D eigenvalue weighted by Gasteiger charge is -2.28. The van der Waals surface area contributed by atoms with Crippen molar-refractivity contribution >= 4 is 33.4 Å². The van der Waals surface area contributed by atoms with Crippen LogP contribution in [0.5, 0.6) is 5.75 Å². The largest absolute Gasteiger partial charge is 0.872 e. The molecule has 1 heterocycles. The fourth-order valence-electron chi connectivity index (χ4n) is 3.81. The normalized spacial score (nSPS) is 18.1. The Morgan fingerprint density at radius 1 is 1.09 bits per heavy atom. The van der Waals surface area contributed by atoms with E-state index < -0.39 is 23.5 Å². The van der Waals surface area contributed by atoms with Gasteiger partial charge in [0.1, 0.15) is 5.75 Å². The van der Waals surface area contributed by atoms with Gasteiger partial charge in [-0.3, -0.25) is 9.59 Å². The van der Waals surface area contributed by atoms with Crippen LogP contribution in [0, 0.1) is 0 Å². The molecule has 1 aliphatic rings. The fraction of sp³-hybridized carbons (Fsp3) is 0.360. The van der Waals surface area contributed by atoms with Crippen molar-refractivity contribution in [2.75, 3.05) is 27.2 Å². The summed E-state index contributed by atoms with van der Waals surface area (Å²) in [6.45, 7) is 5.14. The second-order valence-electron chi connectivity index (χ2n) is 8.53. The van der Waals surface area contributed by atoms with E-state index in [0.29, 0.717) is 17.9 Å². The number of hydrogen-bond acceptors (Lipinski definition) is 4. The van der Waals surface area contributed by atoms with Crippen molar-refractivity contribution in [1.29, 1.82) is 0 Å². The van der Waals surface area contributed by atoms with Gasteiger partial charge in [-0.1, -0.05) is 46.0 Å². The summed E-state index contributed by atoms with van der Waals surface area (Å²) in [7, 11) is 4.08. The number of amides is 1. The van der Waals surface area contributed by atoms with Gasteiger partial charge in [0.25, 0.3) is 5.91 Å². The first-order valence-electron chi connectivity index (χ1n) is 10.8. The standard InChI is InChI=1S/C25H29BrN2O4/c1-16(2)32-20-12-8-17(9-13-20)22-21(23(29)18-6-10-19(26)11-7-18)24(30)25(31)28(22)15-5-14-27(3)4/h6-13,16,22,29H,5,14-15H2,1-4H3. The topological polar surface area (TPSA) is 74.1 Å². The van der Waals surface area contributed by atoms with Crippen LogP contribution in [-0.2, 0) is 9.59 Å². The molecule has 0 aromatic heterocycles. The van der Waals surface area contributed by atoms with Gasteiger partial charge in [-0.2, -0.15) is 0 Å². The second kappa shape index (κ2) is 10.3. The number of benzene rings is 2. The summed E-state index contributed by atoms with van der Waals surface area (Å²) in [6, 6.07) is 13.4. The number of halogens is 1. The molecule has 32 heavy (non-hydrogen) atoms. The van der Waals surface area contributed by atoms with E-state index in [0.717, 1.165) is 23.0 Å². The maximum absolute atomic E-state index is 13.4. The molecule has 0 bridgehead atoms. The molecule has 1 atom stereocenters. The highest BCUT2D eigenvalue weighted by Gasteiger charge is 2.43. The van der Waals surface area contributed by atoms with Crippen molar-refractivity contribution in [3.63, 3.8) is 0 Å². The van der Waals surface area contributed by atoms with E-state index in [9.17, 15) is 14.7 Å². The lowest BCUT2D eigenvalue weighted by molar-refractivity contribution is -0.858. The molecule has 0 radical (unpaired) electrons. The van der Waals surface area contributed by atoms with Crippen molar-refractivity contribution in [2.45, 2.75) is 32.4 Å². The van der Waals surface area contributed by atoms with E-state index in [1.165, 1.54) is 9.80 Å². The quantitative estimate of drug-likeness (QED) is 0.341. The molecule has 7 heteroatoms. The van der Waals surface area contributed by atoms with Gasteiger partial charge in [0.2, 0.25) is 5.78 Å². The second-order valence-corrected chi connectivity index (χ2v) is 9.44. The summed E-state index contributed by atoms with van der Waals surface area (Å²) in [6.07, 6.45) is 0.758. The van der Waals surface area contributed by atoms with Crippen LogP contribution < -0.4 is 14.7 Å². The number of ketones is 1. The molecular weight excluding hydrogens is 472 g/mol. The predicted molar refractivity (Wildman–Crippen MR) is 125 cm³/mol. The maximum Gasteiger partial charge on any atom is 0.295 e. The molecule has 3 rings (SSSR count). The molecule has 0 saturated carbocycles. The van der Waals surface area contributed by atoms with Crippen molar-refractivity contribution in [3.05, 3.63) is 69.7 Å². The van der Waals surface area contributed by atoms with Crippen LogP contribution in [-0.4, -0.2) is 49.9 Å². The van der Waals surface area contributed by atoms with Crippen LogP contribution in [0.25, 0.3) is 5.76 Å². The average Bonchev–Trinajstić information content (AvgIpc) is 2.99. The number of hydrogen-bond donors (Lipinski definition) is 1. The van der Waals surface area contributed by atoms with Gasteiger partial charge in [0.05, 0.1) is 32.8 Å². The number of carbonyl (C=O) groups is 2. The van der Waals surface area contributed by atoms with Crippen molar-refractivity contribution in [3.8, 4) is 5.75 Å². The smallest absolute Gasteiger partial charge is 0.295 e. The summed E-state index contributed by atoms with van der Waals surface area (Å²) in [5, 5.41) is 13.4. The van der Waals surface area contributed by atoms with Gasteiger partial charge in [0.15, 0.2) is 0 Å². The molecule has 1 N–H and O–H groups in total. The Balaban J connectivity index is 2.05. The number of carbonyl (C=O) groups excluding carboxylic acids is 2. The lowest BCUT2D eigenvalue weighted by Crippen LogP contribution is -3.05. The Bertz CT molecular complexity index is 998. The zero-order chi connectivity index (χ0) is 23.4. The Morgan fingerprint density at radius 3 is 2.28 bits per heavy atom. The number of ether oxygens (including phenoxy) is 1. The van der Waals surface area contributed by atoms with Crippen LogP contribution in [0.4, 0.5) is 0 Å². The van der Waals surface area contributed by atoms with E-state index in [2.05, 4.69) is 15.9 Å². The minimum atomic E-state index is -0.720. The number of rotatable bonds is 8. The number of likely N-dealkylation sites (tertiary alicyclic amines) is 1. The van der Waals surface area contributed by atoms with E-state index in [1.54, 1.807) is 24.3 Å². The van der Waals surface area contributed by atoms with E-state index >= 15 is 0 Å². The molecule has 2 aromatic rings. The van der Waals surface area contributed by atoms with Gasteiger partial charge >= 0.3 is 0 Å². The monoisotopic (exact) mass is 500 g/mol. The van der Waals surface area contributed by atoms with E-state index in [-0.39, 0.29) is 11.7 Å². The zero-order valence-corrected chi connectivity index (χ0v) is 20.4. The molecule has 1 fully saturated rings. The third-order valence-corrected chi connectivity index (χ3v) is 5.81. The summed E-state index contributed by atoms with van der Waals surface area (Å²) in [4.78, 5) is 28.7. The first-order valence-corrected chi connectivity index (χ1v) is 11.6. The van der Waals surface area contributed by atoms with Gasteiger partial charge in [-0.25, -0.2) is 0 Å². The minimum Gasteiger partial charge on any atom is -0.872 e. The number of quaternary nitrogens is 1. The van der Waals surface area contributed by atoms with Crippen molar-refractivity contribution in [2.24, 2.45) is 0 Å². The first kappa shape index (κ1) is 24.0. The zero-order valence-electron chi connectivity index (χ0n) is 18.9. The van der Waals surface area contributed by atoms with Crippen LogP contribution in [0.3, 0.4) is 0 Å². The highest BCUT2D eigenvalue weighted by atomic mass is 79.9. The van der Waals surface area contributed by atoms with Gasteiger partial charge in [-0.15, -0.1) is 0 Å². The molecule has 0 spiro atoms.